The van der Waals surface area contributed by atoms with Crippen LogP contribution in [0.3, 0.4) is 0 Å². The Morgan fingerprint density at radius 2 is 1.03 bits per heavy atom. The fraction of sp³-hybridized carbons (Fsp3) is 0.357. The highest BCUT2D eigenvalue weighted by atomic mass is 32.2. The molecule has 2 aliphatic heterocycles. The molecule has 0 radical (unpaired) electrons. The van der Waals surface area contributed by atoms with E-state index < -0.39 is 0 Å². The predicted octanol–water partition coefficient (Wildman–Crippen LogP) is 4.31. The van der Waals surface area contributed by atoms with Gasteiger partial charge in [0.15, 0.2) is 11.6 Å². The van der Waals surface area contributed by atoms with Gasteiger partial charge in [-0.3, -0.25) is 19.4 Å². The van der Waals surface area contributed by atoms with Crippen molar-refractivity contribution < 1.29 is 9.59 Å². The lowest BCUT2D eigenvalue weighted by Crippen LogP contribution is -2.49. The third kappa shape index (κ3) is 5.89. The summed E-state index contributed by atoms with van der Waals surface area (Å²) in [7, 11) is 4.10. The largest absolute Gasteiger partial charge is 0.356 e. The molecule has 0 saturated carbocycles. The number of ketones is 2. The highest BCUT2D eigenvalue weighted by Crippen LogP contribution is 2.30. The van der Waals surface area contributed by atoms with E-state index in [0.717, 1.165) is 58.8 Å². The normalized spacial score (nSPS) is 17.7. The van der Waals surface area contributed by atoms with Crippen LogP contribution in [-0.2, 0) is 0 Å². The molecule has 2 aromatic rings. The molecule has 190 valence electrons. The van der Waals surface area contributed by atoms with E-state index in [4.69, 9.17) is 0 Å². The minimum Gasteiger partial charge on any atom is -0.356 e. The maximum atomic E-state index is 13.3. The minimum atomic E-state index is 0.0949. The summed E-state index contributed by atoms with van der Waals surface area (Å²) in [6.45, 7) is 4.42. The van der Waals surface area contributed by atoms with E-state index in [-0.39, 0.29) is 11.6 Å². The first-order valence-electron chi connectivity index (χ1n) is 12.0. The van der Waals surface area contributed by atoms with Gasteiger partial charge in [-0.05, 0) is 12.5 Å². The van der Waals surface area contributed by atoms with Crippen molar-refractivity contribution in [3.63, 3.8) is 0 Å². The highest BCUT2D eigenvalue weighted by molar-refractivity contribution is 8.02. The predicted molar refractivity (Wildman–Crippen MR) is 151 cm³/mol. The molecule has 2 aliphatic rings. The molecule has 8 heteroatoms. The summed E-state index contributed by atoms with van der Waals surface area (Å²) in [5.41, 5.74) is 3.15. The van der Waals surface area contributed by atoms with Crippen molar-refractivity contribution in [2.75, 3.05) is 66.1 Å². The number of nitrogens with zero attached hydrogens (tertiary/aromatic N) is 4. The maximum absolute atomic E-state index is 13.3. The van der Waals surface area contributed by atoms with Gasteiger partial charge in [0.25, 0.3) is 0 Å². The molecule has 36 heavy (non-hydrogen) atoms. The summed E-state index contributed by atoms with van der Waals surface area (Å²) in [5, 5.41) is 2.09. The van der Waals surface area contributed by atoms with Crippen molar-refractivity contribution in [3.05, 3.63) is 93.0 Å². The number of rotatable bonds is 9. The van der Waals surface area contributed by atoms with Crippen LogP contribution in [0.2, 0.25) is 0 Å². The quantitative estimate of drug-likeness (QED) is 0.452. The Bertz CT molecular complexity index is 1060. The van der Waals surface area contributed by atoms with Crippen LogP contribution in [0.5, 0.6) is 0 Å². The lowest BCUT2D eigenvalue weighted by atomic mass is 10.0. The number of carbonyl (C=O) groups excluding carboxylic acids is 2. The van der Waals surface area contributed by atoms with Gasteiger partial charge >= 0.3 is 0 Å². The number of hydrogen-bond acceptors (Lipinski definition) is 8. The molecule has 0 amide bonds. The van der Waals surface area contributed by atoms with Crippen molar-refractivity contribution in [3.8, 4) is 0 Å². The Morgan fingerprint density at radius 1 is 0.667 bits per heavy atom. The van der Waals surface area contributed by atoms with Gasteiger partial charge in [0.1, 0.15) is 0 Å². The molecule has 2 heterocycles. The van der Waals surface area contributed by atoms with Crippen LogP contribution in [0.25, 0.3) is 0 Å². The molecule has 0 saturated heterocycles. The Balaban J connectivity index is 1.46. The van der Waals surface area contributed by atoms with Gasteiger partial charge in [-0.15, -0.1) is 23.5 Å². The van der Waals surface area contributed by atoms with Gasteiger partial charge in [0, 0.05) is 62.5 Å². The molecule has 0 aliphatic carbocycles. The van der Waals surface area contributed by atoms with Gasteiger partial charge < -0.3 is 9.80 Å². The summed E-state index contributed by atoms with van der Waals surface area (Å²) in [6.07, 6.45) is 4.06. The Labute approximate surface area is 223 Å². The Hall–Kier alpha value is -2.52. The van der Waals surface area contributed by atoms with E-state index in [2.05, 4.69) is 33.7 Å². The minimum absolute atomic E-state index is 0.0949. The fourth-order valence-electron chi connectivity index (χ4n) is 4.88. The van der Waals surface area contributed by atoms with Crippen LogP contribution in [0.1, 0.15) is 20.7 Å². The molecular weight excluding hydrogens is 488 g/mol. The van der Waals surface area contributed by atoms with Crippen molar-refractivity contribution >= 4 is 35.1 Å². The first-order chi connectivity index (χ1) is 17.4. The van der Waals surface area contributed by atoms with Crippen LogP contribution in [-0.4, -0.2) is 97.3 Å². The number of thioether (sulfide) groups is 2. The van der Waals surface area contributed by atoms with Gasteiger partial charge in [0.05, 0.1) is 23.4 Å². The molecule has 0 spiro atoms. The Kier molecular flexibility index (Phi) is 8.95. The number of carbonyl (C=O) groups is 2. The summed E-state index contributed by atoms with van der Waals surface area (Å²) >= 11 is 3.27. The lowest BCUT2D eigenvalue weighted by molar-refractivity contribution is 0.0935. The smallest absolute Gasteiger partial charge is 0.192 e. The summed E-state index contributed by atoms with van der Waals surface area (Å²) < 4.78 is 0. The van der Waals surface area contributed by atoms with Crippen LogP contribution in [0, 0.1) is 0 Å². The van der Waals surface area contributed by atoms with Gasteiger partial charge in [0.2, 0.25) is 0 Å². The standard InChI is InChI=1S/C28H34N4O2S2/c1-29-19-31(17-23(27(29)35-3)25(33)21-11-7-5-8-12-21)15-16-32-18-24(28(36-4)30(2)20-32)26(34)22-13-9-6-10-14-22/h5-14H,15-20H2,1-4H3. The number of Topliss-reactive ketones (excluding diaryl/α,β-unsaturated/α-hetero) is 2. The summed E-state index contributed by atoms with van der Waals surface area (Å²) in [6, 6.07) is 19.1. The molecule has 0 fully saturated rings. The summed E-state index contributed by atoms with van der Waals surface area (Å²) in [5.74, 6) is 0.190. The monoisotopic (exact) mass is 522 g/mol. The average Bonchev–Trinajstić information content (AvgIpc) is 2.91. The van der Waals surface area contributed by atoms with E-state index in [1.165, 1.54) is 0 Å². The van der Waals surface area contributed by atoms with Gasteiger partial charge in [-0.1, -0.05) is 60.7 Å². The average molecular weight is 523 g/mol. The fourth-order valence-corrected chi connectivity index (χ4v) is 6.42. The van der Waals surface area contributed by atoms with E-state index in [9.17, 15) is 9.59 Å². The van der Waals surface area contributed by atoms with Crippen LogP contribution < -0.4 is 0 Å². The zero-order valence-electron chi connectivity index (χ0n) is 21.4. The summed E-state index contributed by atoms with van der Waals surface area (Å²) in [4.78, 5) is 35.7. The van der Waals surface area contributed by atoms with Crippen LogP contribution >= 0.6 is 23.5 Å². The first kappa shape index (κ1) is 26.5. The van der Waals surface area contributed by atoms with Crippen molar-refractivity contribution in [2.45, 2.75) is 0 Å². The molecule has 2 aromatic carbocycles. The van der Waals surface area contributed by atoms with E-state index in [1.807, 2.05) is 73.2 Å². The second-order valence-corrected chi connectivity index (χ2v) is 10.7. The zero-order chi connectivity index (χ0) is 25.7. The second kappa shape index (κ2) is 12.1. The van der Waals surface area contributed by atoms with E-state index in [0.29, 0.717) is 13.1 Å². The molecular formula is C28H34N4O2S2. The first-order valence-corrected chi connectivity index (χ1v) is 14.5. The molecule has 4 rings (SSSR count). The maximum Gasteiger partial charge on any atom is 0.192 e. The molecule has 6 nitrogen and oxygen atoms in total. The zero-order valence-corrected chi connectivity index (χ0v) is 23.1. The molecule has 0 atom stereocenters. The SMILES string of the molecule is CSC1=C(C(=O)c2ccccc2)CN(CCN2CC(C(=O)c3ccccc3)=C(SC)N(C)C2)CN1C. The molecule has 0 bridgehead atoms. The second-order valence-electron chi connectivity index (χ2n) is 9.15. The van der Waals surface area contributed by atoms with Crippen molar-refractivity contribution in [2.24, 2.45) is 0 Å². The molecule has 0 aromatic heterocycles. The van der Waals surface area contributed by atoms with Crippen molar-refractivity contribution in [1.82, 2.24) is 19.6 Å². The van der Waals surface area contributed by atoms with E-state index in [1.54, 1.807) is 23.5 Å². The van der Waals surface area contributed by atoms with Crippen LogP contribution in [0.15, 0.2) is 81.9 Å². The number of benzene rings is 2. The molecule has 0 N–H and O–H groups in total. The van der Waals surface area contributed by atoms with Crippen LogP contribution in [0.4, 0.5) is 0 Å². The number of hydrogen-bond donors (Lipinski definition) is 0. The lowest BCUT2D eigenvalue weighted by Gasteiger charge is -2.40. The Morgan fingerprint density at radius 3 is 1.36 bits per heavy atom. The topological polar surface area (TPSA) is 47.1 Å². The van der Waals surface area contributed by atoms with E-state index >= 15 is 0 Å². The van der Waals surface area contributed by atoms with Gasteiger partial charge in [-0.2, -0.15) is 0 Å². The van der Waals surface area contributed by atoms with Crippen molar-refractivity contribution in [1.29, 1.82) is 0 Å². The van der Waals surface area contributed by atoms with Gasteiger partial charge in [-0.25, -0.2) is 0 Å². The third-order valence-corrected chi connectivity index (χ3v) is 8.43. The molecule has 0 unspecified atom stereocenters. The third-order valence-electron chi connectivity index (χ3n) is 6.54. The highest BCUT2D eigenvalue weighted by Gasteiger charge is 2.30.